The average molecular weight is 194 g/mol. The van der Waals surface area contributed by atoms with E-state index in [4.69, 9.17) is 5.26 Å². The van der Waals surface area contributed by atoms with Crippen LogP contribution in [0.1, 0.15) is 11.1 Å². The first kappa shape index (κ1) is 11.9. The van der Waals surface area contributed by atoms with E-state index in [1.165, 1.54) is 17.3 Å². The Morgan fingerprint density at radius 1 is 1.54 bits per heavy atom. The Labute approximate surface area is 83.8 Å². The van der Waals surface area contributed by atoms with E-state index in [0.29, 0.717) is 0 Å². The highest BCUT2D eigenvalue weighted by atomic mass is 32.2. The first-order valence-corrected chi connectivity index (χ1v) is 5.28. The van der Waals surface area contributed by atoms with Crippen LogP contribution in [0.25, 0.3) is 0 Å². The molecule has 0 aliphatic heterocycles. The number of hydrogen-bond donors (Lipinski definition) is 1. The molecule has 2 nitrogen and oxygen atoms in total. The molecule has 0 radical (unpaired) electrons. The molecule has 0 unspecified atom stereocenters. The van der Waals surface area contributed by atoms with Crippen LogP contribution in [0.2, 0.25) is 0 Å². The summed E-state index contributed by atoms with van der Waals surface area (Å²) in [6, 6.07) is 8.64. The second-order valence-electron chi connectivity index (χ2n) is 2.55. The average Bonchev–Trinajstić information content (AvgIpc) is 2.06. The summed E-state index contributed by atoms with van der Waals surface area (Å²) < 4.78 is 0. The molecule has 1 rings (SSSR count). The molecule has 0 fully saturated rings. The number of rotatable bonds is 2. The SMILES string of the molecule is CSCc1cccc(C)c1.N#CN. The van der Waals surface area contributed by atoms with Crippen LogP contribution in [0.3, 0.4) is 0 Å². The zero-order valence-corrected chi connectivity index (χ0v) is 8.77. The minimum atomic E-state index is 1.13. The molecule has 0 atom stereocenters. The van der Waals surface area contributed by atoms with E-state index < -0.39 is 0 Å². The minimum Gasteiger partial charge on any atom is -0.337 e. The third-order valence-corrected chi connectivity index (χ3v) is 2.02. The molecule has 0 amide bonds. The summed E-state index contributed by atoms with van der Waals surface area (Å²) in [5.74, 6) is 1.13. The Bertz CT molecular complexity index is 278. The van der Waals surface area contributed by atoms with Crippen LogP contribution >= 0.6 is 11.8 Å². The number of hydrogen-bond acceptors (Lipinski definition) is 3. The molecule has 1 aromatic rings. The van der Waals surface area contributed by atoms with Gasteiger partial charge in [-0.2, -0.15) is 17.0 Å². The molecule has 0 saturated carbocycles. The second kappa shape index (κ2) is 7.51. The third-order valence-electron chi connectivity index (χ3n) is 1.39. The van der Waals surface area contributed by atoms with Crippen molar-refractivity contribution in [2.45, 2.75) is 12.7 Å². The van der Waals surface area contributed by atoms with Gasteiger partial charge in [0.05, 0.1) is 0 Å². The minimum absolute atomic E-state index is 1.13. The number of thioether (sulfide) groups is 1. The van der Waals surface area contributed by atoms with Gasteiger partial charge in [-0.3, -0.25) is 0 Å². The summed E-state index contributed by atoms with van der Waals surface area (Å²) in [6.07, 6.45) is 3.38. The van der Waals surface area contributed by atoms with E-state index in [-0.39, 0.29) is 0 Å². The molecule has 1 aromatic carbocycles. The molecule has 0 heterocycles. The fourth-order valence-corrected chi connectivity index (χ4v) is 1.48. The fourth-order valence-electron chi connectivity index (χ4n) is 0.969. The van der Waals surface area contributed by atoms with Gasteiger partial charge < -0.3 is 5.73 Å². The topological polar surface area (TPSA) is 49.8 Å². The van der Waals surface area contributed by atoms with Crippen molar-refractivity contribution >= 4 is 11.8 Å². The summed E-state index contributed by atoms with van der Waals surface area (Å²) in [4.78, 5) is 0. The molecular formula is C10H14N2S. The monoisotopic (exact) mass is 194 g/mol. The maximum absolute atomic E-state index is 7.10. The molecule has 0 aliphatic rings. The van der Waals surface area contributed by atoms with E-state index in [2.05, 4.69) is 43.2 Å². The Morgan fingerprint density at radius 3 is 2.62 bits per heavy atom. The normalized spacial score (nSPS) is 8.08. The largest absolute Gasteiger partial charge is 0.337 e. The molecule has 3 heteroatoms. The maximum Gasteiger partial charge on any atom is 0.173 e. The lowest BCUT2D eigenvalue weighted by Crippen LogP contribution is -1.79. The molecule has 13 heavy (non-hydrogen) atoms. The predicted molar refractivity (Wildman–Crippen MR) is 58.2 cm³/mol. The van der Waals surface area contributed by atoms with Crippen molar-refractivity contribution in [3.63, 3.8) is 0 Å². The van der Waals surface area contributed by atoms with E-state index in [1.807, 2.05) is 11.8 Å². The van der Waals surface area contributed by atoms with Crippen molar-refractivity contribution in [3.8, 4) is 6.19 Å². The Hall–Kier alpha value is -1.14. The van der Waals surface area contributed by atoms with Crippen LogP contribution in [0, 0.1) is 18.4 Å². The maximum atomic E-state index is 7.10. The van der Waals surface area contributed by atoms with Gasteiger partial charge in [-0.25, -0.2) is 0 Å². The number of nitrogens with zero attached hydrogens (tertiary/aromatic N) is 1. The number of benzene rings is 1. The highest BCUT2D eigenvalue weighted by molar-refractivity contribution is 7.97. The third kappa shape index (κ3) is 6.06. The molecule has 2 N–H and O–H groups in total. The van der Waals surface area contributed by atoms with Crippen molar-refractivity contribution in [3.05, 3.63) is 35.4 Å². The van der Waals surface area contributed by atoms with E-state index in [0.717, 1.165) is 5.75 Å². The van der Waals surface area contributed by atoms with Crippen molar-refractivity contribution in [1.82, 2.24) is 0 Å². The van der Waals surface area contributed by atoms with E-state index >= 15 is 0 Å². The molecule has 0 aromatic heterocycles. The Morgan fingerprint density at radius 2 is 2.15 bits per heavy atom. The summed E-state index contributed by atoms with van der Waals surface area (Å²) in [5.41, 5.74) is 6.93. The first-order chi connectivity index (χ1) is 6.24. The zero-order valence-electron chi connectivity index (χ0n) is 7.95. The van der Waals surface area contributed by atoms with Crippen molar-refractivity contribution in [1.29, 1.82) is 5.26 Å². The summed E-state index contributed by atoms with van der Waals surface area (Å²) in [6.45, 7) is 2.13. The quantitative estimate of drug-likeness (QED) is 0.580. The van der Waals surface area contributed by atoms with Gasteiger partial charge in [0.1, 0.15) is 0 Å². The fraction of sp³-hybridized carbons (Fsp3) is 0.300. The van der Waals surface area contributed by atoms with Crippen LogP contribution in [-0.2, 0) is 5.75 Å². The zero-order chi connectivity index (χ0) is 10.1. The van der Waals surface area contributed by atoms with Gasteiger partial charge in [0.15, 0.2) is 6.19 Å². The molecule has 0 saturated heterocycles. The van der Waals surface area contributed by atoms with Crippen molar-refractivity contribution in [2.75, 3.05) is 6.26 Å². The van der Waals surface area contributed by atoms with Gasteiger partial charge in [-0.1, -0.05) is 29.8 Å². The van der Waals surface area contributed by atoms with Crippen LogP contribution in [0.15, 0.2) is 24.3 Å². The van der Waals surface area contributed by atoms with Crippen molar-refractivity contribution in [2.24, 2.45) is 5.73 Å². The lowest BCUT2D eigenvalue weighted by molar-refractivity contribution is 1.36. The lowest BCUT2D eigenvalue weighted by Gasteiger charge is -1.97. The summed E-state index contributed by atoms with van der Waals surface area (Å²) >= 11 is 1.86. The van der Waals surface area contributed by atoms with Crippen LogP contribution in [-0.4, -0.2) is 6.26 Å². The molecule has 0 aliphatic carbocycles. The van der Waals surface area contributed by atoms with Gasteiger partial charge in [-0.05, 0) is 18.7 Å². The lowest BCUT2D eigenvalue weighted by atomic mass is 10.2. The van der Waals surface area contributed by atoms with Gasteiger partial charge in [0.2, 0.25) is 0 Å². The van der Waals surface area contributed by atoms with E-state index in [1.54, 1.807) is 0 Å². The van der Waals surface area contributed by atoms with E-state index in [9.17, 15) is 0 Å². The van der Waals surface area contributed by atoms with Crippen molar-refractivity contribution < 1.29 is 0 Å². The number of nitrogens with two attached hydrogens (primary N) is 1. The molecule has 0 spiro atoms. The van der Waals surface area contributed by atoms with Crippen LogP contribution in [0.4, 0.5) is 0 Å². The predicted octanol–water partition coefficient (Wildman–Crippen LogP) is 2.28. The second-order valence-corrected chi connectivity index (χ2v) is 3.42. The Kier molecular flexibility index (Phi) is 6.85. The van der Waals surface area contributed by atoms with Gasteiger partial charge in [0, 0.05) is 5.75 Å². The molecule has 0 bridgehead atoms. The van der Waals surface area contributed by atoms with Crippen LogP contribution < -0.4 is 5.73 Å². The summed E-state index contributed by atoms with van der Waals surface area (Å²) in [5, 5.41) is 7.10. The highest BCUT2D eigenvalue weighted by Gasteiger charge is 1.89. The number of nitriles is 1. The Balaban J connectivity index is 0.000000424. The van der Waals surface area contributed by atoms with Gasteiger partial charge in [-0.15, -0.1) is 0 Å². The van der Waals surface area contributed by atoms with Crippen LogP contribution in [0.5, 0.6) is 0 Å². The molecular weight excluding hydrogens is 180 g/mol. The number of aryl methyl sites for hydroxylation is 1. The van der Waals surface area contributed by atoms with Gasteiger partial charge >= 0.3 is 0 Å². The smallest absolute Gasteiger partial charge is 0.173 e. The highest BCUT2D eigenvalue weighted by Crippen LogP contribution is 2.09. The molecule has 70 valence electrons. The first-order valence-electron chi connectivity index (χ1n) is 3.88. The van der Waals surface area contributed by atoms with Gasteiger partial charge in [0.25, 0.3) is 0 Å². The standard InChI is InChI=1S/C9H12S.CH2N2/c1-8-4-3-5-9(6-8)7-10-2;2-1-3/h3-6H,7H2,1-2H3;2H2. The summed E-state index contributed by atoms with van der Waals surface area (Å²) in [7, 11) is 0.